The molecule has 1 atom stereocenters. The Hall–Kier alpha value is -3.70. The maximum atomic E-state index is 12.3. The Morgan fingerprint density at radius 2 is 0.512 bits per heavy atom. The first-order chi connectivity index (χ1) is 41.6. The molecule has 0 spiro atoms. The topological polar surface area (TPSA) is 72.8 Å². The second-order valence-electron chi connectivity index (χ2n) is 23.9. The molecular formula is C79H136O5. The summed E-state index contributed by atoms with van der Waals surface area (Å²) in [5.74, 6) is -0.624. The summed E-state index contributed by atoms with van der Waals surface area (Å²) in [7, 11) is 0. The van der Waals surface area contributed by atoms with Gasteiger partial charge in [0.1, 0.15) is 6.61 Å². The van der Waals surface area contributed by atoms with Crippen LogP contribution in [0.25, 0.3) is 0 Å². The van der Waals surface area contributed by atoms with E-state index >= 15 is 0 Å². The van der Waals surface area contributed by atoms with Crippen LogP contribution in [-0.4, -0.2) is 36.4 Å². The zero-order chi connectivity index (χ0) is 60.5. The van der Waals surface area contributed by atoms with Crippen LogP contribution in [0.2, 0.25) is 0 Å². The van der Waals surface area contributed by atoms with E-state index in [2.05, 4.69) is 135 Å². The van der Waals surface area contributed by atoms with Crippen LogP contribution in [0.3, 0.4) is 0 Å². The Morgan fingerprint density at radius 1 is 0.286 bits per heavy atom. The molecule has 0 aromatic carbocycles. The van der Waals surface area contributed by atoms with Crippen molar-refractivity contribution in [2.24, 2.45) is 0 Å². The number of esters is 2. The number of hydrogen-bond donors (Lipinski definition) is 1. The summed E-state index contributed by atoms with van der Waals surface area (Å²) in [6.45, 7) is 4.03. The van der Waals surface area contributed by atoms with Crippen molar-refractivity contribution in [2.45, 2.75) is 354 Å². The van der Waals surface area contributed by atoms with E-state index < -0.39 is 6.10 Å². The van der Waals surface area contributed by atoms with Gasteiger partial charge in [0, 0.05) is 12.8 Å². The maximum absolute atomic E-state index is 12.3. The molecule has 0 fully saturated rings. The van der Waals surface area contributed by atoms with Crippen molar-refractivity contribution < 1.29 is 24.2 Å². The van der Waals surface area contributed by atoms with Crippen LogP contribution in [0, 0.1) is 0 Å². The molecule has 5 heteroatoms. The molecular weight excluding hydrogens is 1030 g/mol. The molecule has 482 valence electrons. The summed E-state index contributed by atoms with van der Waals surface area (Å²) in [5, 5.41) is 9.70. The van der Waals surface area contributed by atoms with Gasteiger partial charge >= 0.3 is 11.9 Å². The number of hydrogen-bond acceptors (Lipinski definition) is 5. The highest BCUT2D eigenvalue weighted by Crippen LogP contribution is 2.18. The molecule has 0 aliphatic rings. The summed E-state index contributed by atoms with van der Waals surface area (Å²) in [6, 6.07) is 0. The maximum Gasteiger partial charge on any atom is 0.306 e. The number of aliphatic hydroxyl groups is 1. The zero-order valence-corrected chi connectivity index (χ0v) is 55.4. The minimum absolute atomic E-state index is 0.0836. The minimum Gasteiger partial charge on any atom is -0.462 e. The predicted octanol–water partition coefficient (Wildman–Crippen LogP) is 25.3. The monoisotopic (exact) mass is 1170 g/mol. The Morgan fingerprint density at radius 3 is 0.798 bits per heavy atom. The average Bonchev–Trinajstić information content (AvgIpc) is 3.51. The van der Waals surface area contributed by atoms with Crippen LogP contribution in [0.4, 0.5) is 0 Å². The second-order valence-corrected chi connectivity index (χ2v) is 23.9. The van der Waals surface area contributed by atoms with Gasteiger partial charge in [0.05, 0.1) is 6.61 Å². The fraction of sp³-hybridized carbons (Fsp3) is 0.722. The third kappa shape index (κ3) is 70.8. The summed E-state index contributed by atoms with van der Waals surface area (Å²) >= 11 is 0. The predicted molar refractivity (Wildman–Crippen MR) is 371 cm³/mol. The van der Waals surface area contributed by atoms with Crippen molar-refractivity contribution in [3.8, 4) is 0 Å². The van der Waals surface area contributed by atoms with Crippen molar-refractivity contribution in [3.05, 3.63) is 122 Å². The Labute approximate surface area is 522 Å². The van der Waals surface area contributed by atoms with Gasteiger partial charge in [0.2, 0.25) is 0 Å². The van der Waals surface area contributed by atoms with Crippen LogP contribution < -0.4 is 0 Å². The molecule has 0 saturated heterocycles. The SMILES string of the molecule is CC/C=C\C/C=C\C/C=C\C/C=C\C/C=C\C/C=C\C/C=C\C/C=C\C/C=C\CCCCCC(=O)OC(CO)COC(=O)CCCCCCCCCCCCCCCCCCCCCCCCCCCCC/C=C\CCCCCCCCCC. The van der Waals surface area contributed by atoms with Gasteiger partial charge in [-0.15, -0.1) is 0 Å². The smallest absolute Gasteiger partial charge is 0.306 e. The highest BCUT2D eigenvalue weighted by atomic mass is 16.6. The highest BCUT2D eigenvalue weighted by molar-refractivity contribution is 5.70. The number of carbonyl (C=O) groups excluding carboxylic acids is 2. The summed E-state index contributed by atoms with van der Waals surface area (Å²) in [4.78, 5) is 24.6. The van der Waals surface area contributed by atoms with Gasteiger partial charge in [-0.2, -0.15) is 0 Å². The van der Waals surface area contributed by atoms with Crippen molar-refractivity contribution in [2.75, 3.05) is 13.2 Å². The van der Waals surface area contributed by atoms with Crippen LogP contribution in [0.1, 0.15) is 348 Å². The van der Waals surface area contributed by atoms with Gasteiger partial charge in [-0.1, -0.05) is 347 Å². The lowest BCUT2D eigenvalue weighted by atomic mass is 10.0. The number of unbranched alkanes of at least 4 members (excludes halogenated alkanes) is 38. The van der Waals surface area contributed by atoms with Crippen molar-refractivity contribution in [3.63, 3.8) is 0 Å². The van der Waals surface area contributed by atoms with E-state index in [4.69, 9.17) is 9.47 Å². The Balaban J connectivity index is 3.49. The number of rotatable bonds is 66. The molecule has 5 nitrogen and oxygen atoms in total. The zero-order valence-electron chi connectivity index (χ0n) is 55.4. The lowest BCUT2D eigenvalue weighted by Crippen LogP contribution is -2.28. The molecule has 0 saturated carbocycles. The molecule has 84 heavy (non-hydrogen) atoms. The number of allylic oxidation sites excluding steroid dienone is 20. The van der Waals surface area contributed by atoms with Gasteiger partial charge < -0.3 is 14.6 Å². The molecule has 1 unspecified atom stereocenters. The fourth-order valence-corrected chi connectivity index (χ4v) is 10.4. The number of carbonyl (C=O) groups is 2. The third-order valence-corrected chi connectivity index (χ3v) is 15.7. The van der Waals surface area contributed by atoms with Crippen LogP contribution in [0.5, 0.6) is 0 Å². The van der Waals surface area contributed by atoms with Gasteiger partial charge in [0.15, 0.2) is 6.10 Å². The fourth-order valence-electron chi connectivity index (χ4n) is 10.4. The first-order valence-corrected chi connectivity index (χ1v) is 36.1. The van der Waals surface area contributed by atoms with E-state index in [9.17, 15) is 14.7 Å². The Kier molecular flexibility index (Phi) is 70.3. The van der Waals surface area contributed by atoms with Crippen molar-refractivity contribution in [1.82, 2.24) is 0 Å². The van der Waals surface area contributed by atoms with Gasteiger partial charge in [-0.05, 0) is 109 Å². The van der Waals surface area contributed by atoms with E-state index in [0.717, 1.165) is 103 Å². The summed E-state index contributed by atoms with van der Waals surface area (Å²) in [6.07, 6.45) is 108. The molecule has 0 bridgehead atoms. The summed E-state index contributed by atoms with van der Waals surface area (Å²) < 4.78 is 10.7. The lowest BCUT2D eigenvalue weighted by Gasteiger charge is -2.15. The van der Waals surface area contributed by atoms with Gasteiger partial charge in [0.25, 0.3) is 0 Å². The molecule has 0 aromatic heterocycles. The largest absolute Gasteiger partial charge is 0.462 e. The van der Waals surface area contributed by atoms with E-state index in [1.807, 2.05) is 0 Å². The molecule has 0 rings (SSSR count). The molecule has 0 radical (unpaired) electrons. The molecule has 0 amide bonds. The van der Waals surface area contributed by atoms with E-state index in [-0.39, 0.29) is 25.2 Å². The number of ether oxygens (including phenoxy) is 2. The quantitative estimate of drug-likeness (QED) is 0.0373. The standard InChI is InChI=1S/C79H136O5/c1-3-5-7-9-11-13-15-17-19-21-23-25-27-29-31-33-35-36-37-38-39-40-41-42-44-45-47-49-51-53-55-57-59-61-63-65-67-69-71-73-78(81)83-76-77(75-80)84-79(82)74-72-70-68-66-64-62-60-58-56-54-52-50-48-46-43-34-32-30-28-26-24-22-20-18-16-14-12-10-8-6-4-2/h6,8,12,14,18,20-21,23-24,26,30,32,43,46,50,52,56,58,62,64,77,80H,3-5,7,9-11,13,15-17,19,22,25,27-29,31,33-42,44-45,47-49,51,53-55,57,59-61,63,65-76H2,1-2H3/b8-6-,14-12-,20-18-,23-21-,26-24-,32-30-,46-43-,52-50-,58-56-,64-62-. The van der Waals surface area contributed by atoms with E-state index in [0.29, 0.717) is 12.8 Å². The normalized spacial score (nSPS) is 12.9. The van der Waals surface area contributed by atoms with Gasteiger partial charge in [-0.3, -0.25) is 9.59 Å². The molecule has 0 aromatic rings. The first kappa shape index (κ1) is 80.3. The van der Waals surface area contributed by atoms with Crippen LogP contribution >= 0.6 is 0 Å². The number of aliphatic hydroxyl groups excluding tert-OH is 1. The van der Waals surface area contributed by atoms with E-state index in [1.54, 1.807) is 0 Å². The molecule has 1 N–H and O–H groups in total. The van der Waals surface area contributed by atoms with Gasteiger partial charge in [-0.25, -0.2) is 0 Å². The third-order valence-electron chi connectivity index (χ3n) is 15.7. The van der Waals surface area contributed by atoms with Crippen molar-refractivity contribution in [1.29, 1.82) is 0 Å². The highest BCUT2D eigenvalue weighted by Gasteiger charge is 2.16. The first-order valence-electron chi connectivity index (χ1n) is 36.1. The van der Waals surface area contributed by atoms with Crippen molar-refractivity contribution >= 4 is 11.9 Å². The lowest BCUT2D eigenvalue weighted by molar-refractivity contribution is -0.161. The Bertz CT molecular complexity index is 1650. The minimum atomic E-state index is -0.799. The molecule has 0 aliphatic carbocycles. The molecule has 0 heterocycles. The molecule has 0 aliphatic heterocycles. The average molecular weight is 1170 g/mol. The second kappa shape index (κ2) is 73.6. The van der Waals surface area contributed by atoms with E-state index in [1.165, 1.54) is 218 Å². The van der Waals surface area contributed by atoms with Crippen LogP contribution in [0.15, 0.2) is 122 Å². The summed E-state index contributed by atoms with van der Waals surface area (Å²) in [5.41, 5.74) is 0. The van der Waals surface area contributed by atoms with Crippen LogP contribution in [-0.2, 0) is 19.1 Å².